The Morgan fingerprint density at radius 3 is 1.02 bits per heavy atom. The monoisotopic (exact) mass is 1860 g/mol. The molecule has 3 unspecified atom stereocenters. The van der Waals surface area contributed by atoms with Crippen molar-refractivity contribution in [2.75, 3.05) is 45.9 Å². The lowest BCUT2D eigenvalue weighted by Gasteiger charge is -2.37. The molecule has 0 aliphatic carbocycles. The number of aliphatic hydroxyl groups excluding tert-OH is 1. The highest BCUT2D eigenvalue weighted by Gasteiger charge is 2.50. The zero-order chi connectivity index (χ0) is 99.0. The topological polar surface area (TPSA) is 647 Å². The van der Waals surface area contributed by atoms with Gasteiger partial charge in [-0.1, -0.05) is 179 Å². The van der Waals surface area contributed by atoms with Crippen LogP contribution in [0.25, 0.3) is 0 Å². The van der Waals surface area contributed by atoms with Crippen molar-refractivity contribution >= 4 is 94.5 Å². The highest BCUT2D eigenvalue weighted by Crippen LogP contribution is 2.28. The maximum atomic E-state index is 14.9. The molecule has 39 heteroatoms. The molecule has 3 aromatic carbocycles. The Hall–Kier alpha value is -11.1. The molecule has 1 aliphatic heterocycles. The molecule has 1 heterocycles. The number of nitrogens with one attached hydrogen (secondary N) is 14. The minimum atomic E-state index is -2.16. The third kappa shape index (κ3) is 38.8. The minimum Gasteiger partial charge on any atom is -0.394 e. The van der Waals surface area contributed by atoms with Crippen LogP contribution >= 0.6 is 0 Å². The van der Waals surface area contributed by atoms with Crippen molar-refractivity contribution in [2.24, 2.45) is 69.7 Å². The number of primary amides is 1. The Morgan fingerprint density at radius 2 is 0.647 bits per heavy atom. The van der Waals surface area contributed by atoms with E-state index in [4.69, 9.17) is 40.1 Å². The van der Waals surface area contributed by atoms with E-state index in [9.17, 15) is 81.8 Å². The summed E-state index contributed by atoms with van der Waals surface area (Å²) in [6, 6.07) is 7.83. The molecule has 4 rings (SSSR count). The number of hydrogen-bond acceptors (Lipinski definition) is 23. The number of rotatable bonds is 63. The Kier molecular flexibility index (Phi) is 51.7. The smallest absolute Gasteiger partial charge is 0.261 e. The molecule has 0 bridgehead atoms. The normalized spacial score (nSPS) is 16.9. The molecular weight excluding hydrogens is 1710 g/mol. The Morgan fingerprint density at radius 1 is 0.353 bits per heavy atom. The predicted molar refractivity (Wildman–Crippen MR) is 505 cm³/mol. The van der Waals surface area contributed by atoms with Gasteiger partial charge in [0.05, 0.1) is 13.2 Å². The number of carbonyl (C=O) groups excluding carboxylic acids is 16. The van der Waals surface area contributed by atoms with E-state index in [2.05, 4.69) is 74.4 Å². The number of nitrogens with two attached hydrogens (primary N) is 7. The van der Waals surface area contributed by atoms with Crippen LogP contribution in [-0.2, 0) is 96.0 Å². The first-order valence-corrected chi connectivity index (χ1v) is 47.2. The first-order valence-electron chi connectivity index (χ1n) is 47.2. The highest BCUT2D eigenvalue weighted by molar-refractivity contribution is 6.02. The van der Waals surface area contributed by atoms with Crippen LogP contribution in [0.2, 0.25) is 0 Å². The summed E-state index contributed by atoms with van der Waals surface area (Å²) < 4.78 is 0. The maximum Gasteiger partial charge on any atom is 0.261 e. The van der Waals surface area contributed by atoms with Gasteiger partial charge in [0.25, 0.3) is 5.91 Å². The number of benzene rings is 3. The average Bonchev–Trinajstić information content (AvgIpc) is 1.65. The number of likely N-dealkylation sites (tertiary alicyclic amines) is 1. The highest BCUT2D eigenvalue weighted by atomic mass is 16.3. The SMILES string of the molecule is CCC(C)[C@H](NC(=O)[C@H](CCCCN)NC(=O)[C@@H](C)NC(=O)[C@@H](NC(=O)[C@H](CC(C)C)NC(=O)[C@@H](CCCCN)NC(=O)[C@H](Cc1ccccc1)NC(=O)[C@H](Cc1ccccc1)NC(=O)CN)C(C)CC)C(=O)N[C@H](C(=O)N[C@H](CCCCN)C(=O)N[C@@H](CO)C(=O)N1CCC[C@@]1(N)C(=O)N[C@@H](CC(C)C)C(=O)N[C@@H](Cc1ccccc1)C(=O)N[C@@H](CCCCN)C(N)=O)C(C)CC. The Labute approximate surface area is 782 Å². The first kappa shape index (κ1) is 114. The minimum absolute atomic E-state index is 0.00181. The molecule has 1 saturated heterocycles. The van der Waals surface area contributed by atoms with Crippen LogP contribution in [0, 0.1) is 29.6 Å². The van der Waals surface area contributed by atoms with Gasteiger partial charge >= 0.3 is 0 Å². The summed E-state index contributed by atoms with van der Waals surface area (Å²) in [6.45, 7) is 18.4. The van der Waals surface area contributed by atoms with Gasteiger partial charge in [0, 0.05) is 25.8 Å². The Bertz CT molecular complexity index is 4200. The summed E-state index contributed by atoms with van der Waals surface area (Å²) in [7, 11) is 0. The van der Waals surface area contributed by atoms with Crippen molar-refractivity contribution in [1.82, 2.24) is 79.3 Å². The molecule has 16 amide bonds. The van der Waals surface area contributed by atoms with E-state index in [-0.39, 0.29) is 115 Å². The Balaban J connectivity index is 1.55. The van der Waals surface area contributed by atoms with Gasteiger partial charge in [-0.15, -0.1) is 0 Å². The van der Waals surface area contributed by atoms with Gasteiger partial charge in [-0.05, 0) is 182 Å². The number of carbonyl (C=O) groups is 16. The summed E-state index contributed by atoms with van der Waals surface area (Å²) in [4.78, 5) is 230. The second kappa shape index (κ2) is 60.2. The van der Waals surface area contributed by atoms with Crippen LogP contribution in [0.15, 0.2) is 91.0 Å². The standard InChI is InChI=1S/C94H154N22O17/c1-12-58(8)76(114-88(128)69(49-56(4)5)108-81(121)66(40-25-29-45-96)106-87(127)73(53-64-37-22-17-23-38-64)110-85(125)71(103-75(118)54-99)51-62-33-18-15-19-34-62)89(129)102-61(11)80(120)105-68(42-27-31-47-98)83(123)113-78(60(10)14-3)91(131)115-77(59(9)13-2)90(130)107-67(41-26-30-46-97)82(122)111-74(55-117)92(132)116-48-32-43-94(116,101)93(133)112-70(50-57(6)7)84(124)109-72(52-63-35-20-16-21-36-63)86(126)104-65(79(100)119)39-24-28-44-95/h15-23,33-38,56-61,65-74,76-78,117H,12-14,24-32,39-55,95-99,101H2,1-11H3,(H2,100,119)(H,102,129)(H,103,118)(H,104,126)(H,105,120)(H,106,127)(H,107,130)(H,108,121)(H,109,124)(H,110,125)(H,111,122)(H,112,133)(H,113,123)(H,114,128)(H,115,131)/t58?,59?,60?,61-,65+,66-,67-,68+,69+,70+,71+,72+,73+,74+,76+,77+,78+,94+/m1/s1. The molecule has 0 aromatic heterocycles. The van der Waals surface area contributed by atoms with E-state index in [1.54, 1.807) is 146 Å². The summed E-state index contributed by atoms with van der Waals surface area (Å²) in [5.41, 5.74) is 41.5. The van der Waals surface area contributed by atoms with Crippen molar-refractivity contribution in [2.45, 2.75) is 308 Å². The summed E-state index contributed by atoms with van der Waals surface area (Å²) in [6.07, 6.45) is 4.47. The van der Waals surface area contributed by atoms with Crippen LogP contribution in [0.1, 0.15) is 215 Å². The molecule has 133 heavy (non-hydrogen) atoms. The number of unbranched alkanes of at least 4 members (excludes halogenated alkanes) is 4. The third-order valence-electron chi connectivity index (χ3n) is 24.0. The summed E-state index contributed by atoms with van der Waals surface area (Å²) in [5, 5.41) is 49.2. The number of nitrogens with zero attached hydrogens (tertiary/aromatic N) is 1. The van der Waals surface area contributed by atoms with Crippen LogP contribution in [0.3, 0.4) is 0 Å². The lowest BCUT2D eigenvalue weighted by atomic mass is 9.94. The molecule has 0 spiro atoms. The molecule has 1 aliphatic rings. The van der Waals surface area contributed by atoms with Crippen LogP contribution in [0.5, 0.6) is 0 Å². The van der Waals surface area contributed by atoms with Gasteiger partial charge in [0.2, 0.25) is 88.6 Å². The third-order valence-corrected chi connectivity index (χ3v) is 24.0. The van der Waals surface area contributed by atoms with E-state index >= 15 is 0 Å². The van der Waals surface area contributed by atoms with Crippen molar-refractivity contribution in [3.63, 3.8) is 0 Å². The second-order valence-electron chi connectivity index (χ2n) is 35.8. The van der Waals surface area contributed by atoms with Crippen molar-refractivity contribution in [1.29, 1.82) is 0 Å². The molecular formula is C94H154N22O17. The maximum absolute atomic E-state index is 14.9. The molecule has 742 valence electrons. The number of amides is 16. The average molecular weight is 1860 g/mol. The van der Waals surface area contributed by atoms with Crippen molar-refractivity contribution in [3.05, 3.63) is 108 Å². The van der Waals surface area contributed by atoms with Gasteiger partial charge < -0.3 is 125 Å². The molecule has 18 atom stereocenters. The zero-order valence-corrected chi connectivity index (χ0v) is 79.6. The van der Waals surface area contributed by atoms with E-state index in [0.29, 0.717) is 87.4 Å². The molecule has 1 fully saturated rings. The molecule has 0 saturated carbocycles. The zero-order valence-electron chi connectivity index (χ0n) is 79.6. The number of aliphatic hydroxyl groups is 1. The molecule has 29 N–H and O–H groups in total. The fourth-order valence-electron chi connectivity index (χ4n) is 15.4. The predicted octanol–water partition coefficient (Wildman–Crippen LogP) is -1.02. The lowest BCUT2D eigenvalue weighted by Crippen LogP contribution is -2.68. The molecule has 39 nitrogen and oxygen atoms in total. The lowest BCUT2D eigenvalue weighted by molar-refractivity contribution is -0.149. The fraction of sp³-hybridized carbons (Fsp3) is 0.638. The van der Waals surface area contributed by atoms with Crippen molar-refractivity contribution in [3.8, 4) is 0 Å². The summed E-state index contributed by atoms with van der Waals surface area (Å²) in [5.74, 6) is -15.1. The molecule has 0 radical (unpaired) electrons. The van der Waals surface area contributed by atoms with Crippen LogP contribution < -0.4 is 115 Å². The van der Waals surface area contributed by atoms with E-state index in [1.165, 1.54) is 6.92 Å². The van der Waals surface area contributed by atoms with Crippen molar-refractivity contribution < 1.29 is 81.8 Å². The van der Waals surface area contributed by atoms with Crippen LogP contribution in [0.4, 0.5) is 0 Å². The van der Waals surface area contributed by atoms with Gasteiger partial charge in [-0.25, -0.2) is 0 Å². The van der Waals surface area contributed by atoms with Gasteiger partial charge in [0.15, 0.2) is 5.66 Å². The molecule has 3 aromatic rings. The summed E-state index contributed by atoms with van der Waals surface area (Å²) >= 11 is 0. The fourth-order valence-corrected chi connectivity index (χ4v) is 15.4. The van der Waals surface area contributed by atoms with E-state index < -0.39 is 216 Å². The van der Waals surface area contributed by atoms with Gasteiger partial charge in [0.1, 0.15) is 84.6 Å². The largest absolute Gasteiger partial charge is 0.394 e. The first-order chi connectivity index (χ1) is 63.3. The van der Waals surface area contributed by atoms with Crippen LogP contribution in [-0.4, -0.2) is 241 Å². The van der Waals surface area contributed by atoms with E-state index in [1.807, 2.05) is 13.8 Å². The van der Waals surface area contributed by atoms with Gasteiger partial charge in [-0.3, -0.25) is 76.7 Å². The second-order valence-corrected chi connectivity index (χ2v) is 35.8. The number of hydrogen-bond donors (Lipinski definition) is 22. The van der Waals surface area contributed by atoms with E-state index in [0.717, 1.165) is 4.90 Å². The van der Waals surface area contributed by atoms with Gasteiger partial charge in [-0.2, -0.15) is 0 Å². The quantitative estimate of drug-likeness (QED) is 0.0301.